The summed E-state index contributed by atoms with van der Waals surface area (Å²) in [4.78, 5) is 14.0. The summed E-state index contributed by atoms with van der Waals surface area (Å²) in [5, 5.41) is 19.4. The topological polar surface area (TPSA) is 52.6 Å². The van der Waals surface area contributed by atoms with Crippen LogP contribution in [0, 0.1) is 19.8 Å². The Bertz CT molecular complexity index is 1110. The van der Waals surface area contributed by atoms with E-state index in [-0.39, 0.29) is 11.9 Å². The number of nitrogens with one attached hydrogen (secondary N) is 1. The minimum Gasteiger partial charge on any atom is -0.350 e. The van der Waals surface area contributed by atoms with Crippen molar-refractivity contribution >= 4 is 23.8 Å². The molecule has 1 aliphatic carbocycles. The van der Waals surface area contributed by atoms with E-state index in [1.807, 2.05) is 27.7 Å². The lowest BCUT2D eigenvalue weighted by Crippen LogP contribution is -2.63. The Hall–Kier alpha value is -2.26. The van der Waals surface area contributed by atoms with Crippen LogP contribution in [0.4, 0.5) is 0 Å². The van der Waals surface area contributed by atoms with Crippen molar-refractivity contribution in [3.8, 4) is 0 Å². The molecule has 1 unspecified atom stereocenters. The molecule has 0 radical (unpaired) electrons. The Morgan fingerprint density at radius 3 is 1.86 bits per heavy atom. The molecule has 0 spiro atoms. The summed E-state index contributed by atoms with van der Waals surface area (Å²) in [6.45, 7) is 14.6. The number of carbonyl (C=O) groups is 1. The van der Waals surface area contributed by atoms with E-state index in [1.54, 1.807) is 0 Å². The molecule has 5 heteroatoms. The minimum absolute atomic E-state index is 0.00901. The maximum Gasteiger partial charge on any atom is 0.259 e. The molecule has 1 aliphatic heterocycles. The standard InChI is InChI=1S/C32H43N2O2P/c1-23-8-14-27(15-9-23)37(28-16-10-24(2)11-17-28,29-18-12-25(3)13-19-29)22-30(35)33-26-20-31(4,5)34(36)32(6,7)21-26/h8-12,14-19,25-26,36H,13,20-22H2,1-7H3/p+1. The van der Waals surface area contributed by atoms with Crippen LogP contribution in [0.15, 0.2) is 72.1 Å². The van der Waals surface area contributed by atoms with Crippen LogP contribution < -0.4 is 15.9 Å². The number of allylic oxidation sites excluding steroid dienone is 4. The second kappa shape index (κ2) is 10.5. The van der Waals surface area contributed by atoms with E-state index in [9.17, 15) is 10.0 Å². The molecular weight excluding hydrogens is 475 g/mol. The molecule has 1 atom stereocenters. The molecule has 4 rings (SSSR count). The maximum absolute atomic E-state index is 14.0. The lowest BCUT2D eigenvalue weighted by atomic mass is 9.79. The predicted molar refractivity (Wildman–Crippen MR) is 157 cm³/mol. The zero-order valence-electron chi connectivity index (χ0n) is 23.6. The van der Waals surface area contributed by atoms with Crippen LogP contribution in [0.2, 0.25) is 0 Å². The molecule has 198 valence electrons. The molecule has 1 saturated heterocycles. The van der Waals surface area contributed by atoms with Crippen molar-refractivity contribution in [2.45, 2.75) is 84.8 Å². The van der Waals surface area contributed by atoms with Crippen molar-refractivity contribution in [1.82, 2.24) is 10.4 Å². The van der Waals surface area contributed by atoms with Gasteiger partial charge < -0.3 is 10.5 Å². The third-order valence-electron chi connectivity index (χ3n) is 8.07. The second-order valence-electron chi connectivity index (χ2n) is 12.4. The average Bonchev–Trinajstić information content (AvgIpc) is 2.82. The molecule has 2 N–H and O–H groups in total. The third-order valence-corrected chi connectivity index (χ3v) is 12.4. The summed E-state index contributed by atoms with van der Waals surface area (Å²) in [6, 6.07) is 17.6. The summed E-state index contributed by atoms with van der Waals surface area (Å²) in [6.07, 6.45) is 9.80. The van der Waals surface area contributed by atoms with E-state index in [0.717, 1.165) is 6.42 Å². The molecule has 0 bridgehead atoms. The highest BCUT2D eigenvalue weighted by molar-refractivity contribution is 7.93. The highest BCUT2D eigenvalue weighted by Crippen LogP contribution is 2.64. The van der Waals surface area contributed by atoms with Crippen LogP contribution in [0.3, 0.4) is 0 Å². The predicted octanol–water partition coefficient (Wildman–Crippen LogP) is 6.28. The smallest absolute Gasteiger partial charge is 0.259 e. The van der Waals surface area contributed by atoms with Gasteiger partial charge in [0.2, 0.25) is 0 Å². The lowest BCUT2D eigenvalue weighted by Gasteiger charge is -2.51. The van der Waals surface area contributed by atoms with Gasteiger partial charge in [-0.15, -0.1) is 0 Å². The largest absolute Gasteiger partial charge is 0.350 e. The Kier molecular flexibility index (Phi) is 7.87. The first-order valence-corrected chi connectivity index (χ1v) is 15.5. The first-order chi connectivity index (χ1) is 17.3. The Morgan fingerprint density at radius 1 is 0.946 bits per heavy atom. The van der Waals surface area contributed by atoms with Gasteiger partial charge in [-0.25, -0.2) is 0 Å². The molecule has 1 amide bonds. The van der Waals surface area contributed by atoms with E-state index >= 15 is 0 Å². The van der Waals surface area contributed by atoms with Gasteiger partial charge >= 0.3 is 0 Å². The van der Waals surface area contributed by atoms with Crippen LogP contribution in [0.5, 0.6) is 0 Å². The Morgan fingerprint density at radius 2 is 1.43 bits per heavy atom. The second-order valence-corrected chi connectivity index (χ2v) is 15.9. The first kappa shape index (κ1) is 27.8. The van der Waals surface area contributed by atoms with Crippen LogP contribution in [0.25, 0.3) is 0 Å². The van der Waals surface area contributed by atoms with Crippen molar-refractivity contribution in [1.29, 1.82) is 0 Å². The van der Waals surface area contributed by atoms with Crippen molar-refractivity contribution in [3.63, 3.8) is 0 Å². The van der Waals surface area contributed by atoms with Crippen LogP contribution in [0.1, 0.15) is 65.0 Å². The van der Waals surface area contributed by atoms with Crippen molar-refractivity contribution in [2.24, 2.45) is 5.92 Å². The molecule has 4 nitrogen and oxygen atoms in total. The quantitative estimate of drug-likeness (QED) is 0.442. The molecular formula is C32H44N2O2P+. The molecule has 2 aromatic rings. The summed E-state index contributed by atoms with van der Waals surface area (Å²) >= 11 is 0. The average molecular weight is 520 g/mol. The maximum atomic E-state index is 14.0. The number of carbonyl (C=O) groups excluding carboxylic acids is 1. The number of nitrogens with zero attached hydrogens (tertiary/aromatic N) is 1. The SMILES string of the molecule is Cc1ccc([P+](CC(=O)NC2CC(C)(C)N(O)C(C)(C)C2)(C2=CCC(C)C=C2)c2ccc(C)cc2)cc1. The van der Waals surface area contributed by atoms with E-state index < -0.39 is 18.3 Å². The Labute approximate surface area is 224 Å². The van der Waals surface area contributed by atoms with Crippen LogP contribution in [-0.4, -0.2) is 39.5 Å². The van der Waals surface area contributed by atoms with Gasteiger partial charge in [-0.1, -0.05) is 48.4 Å². The van der Waals surface area contributed by atoms with Gasteiger partial charge in [0.25, 0.3) is 5.91 Å². The van der Waals surface area contributed by atoms with E-state index in [4.69, 9.17) is 0 Å². The number of benzene rings is 2. The summed E-state index contributed by atoms with van der Waals surface area (Å²) in [5.74, 6) is 0.592. The van der Waals surface area contributed by atoms with E-state index in [2.05, 4.69) is 92.8 Å². The molecule has 1 fully saturated rings. The van der Waals surface area contributed by atoms with Crippen molar-refractivity contribution < 1.29 is 10.0 Å². The normalized spacial score (nSPS) is 21.9. The number of piperidine rings is 1. The highest BCUT2D eigenvalue weighted by atomic mass is 31.2. The zero-order valence-corrected chi connectivity index (χ0v) is 24.5. The van der Waals surface area contributed by atoms with Crippen LogP contribution in [-0.2, 0) is 4.79 Å². The monoisotopic (exact) mass is 519 g/mol. The van der Waals surface area contributed by atoms with E-state index in [0.29, 0.717) is 24.9 Å². The number of hydroxylamine groups is 2. The van der Waals surface area contributed by atoms with Gasteiger partial charge in [-0.05, 0) is 103 Å². The molecule has 37 heavy (non-hydrogen) atoms. The summed E-state index contributed by atoms with van der Waals surface area (Å²) < 4.78 is 0. The highest BCUT2D eigenvalue weighted by Gasteiger charge is 2.50. The van der Waals surface area contributed by atoms with Gasteiger partial charge in [0.1, 0.15) is 23.2 Å². The van der Waals surface area contributed by atoms with Gasteiger partial charge in [0.15, 0.2) is 6.16 Å². The zero-order chi connectivity index (χ0) is 27.0. The number of aryl methyl sites for hydroxylation is 2. The van der Waals surface area contributed by atoms with Gasteiger partial charge in [-0.3, -0.25) is 4.79 Å². The van der Waals surface area contributed by atoms with Gasteiger partial charge in [0, 0.05) is 17.1 Å². The molecule has 1 heterocycles. The number of hydrogen-bond acceptors (Lipinski definition) is 3. The molecule has 2 aromatic carbocycles. The number of hydrogen-bond donors (Lipinski definition) is 2. The molecule has 0 saturated carbocycles. The van der Waals surface area contributed by atoms with E-state index in [1.165, 1.54) is 32.1 Å². The van der Waals surface area contributed by atoms with Gasteiger partial charge in [0.05, 0.1) is 0 Å². The van der Waals surface area contributed by atoms with Gasteiger partial charge in [-0.2, -0.15) is 5.06 Å². The summed E-state index contributed by atoms with van der Waals surface area (Å²) in [7, 11) is -2.24. The fraction of sp³-hybridized carbons (Fsp3) is 0.469. The number of amides is 1. The van der Waals surface area contributed by atoms with Crippen molar-refractivity contribution in [2.75, 3.05) is 6.16 Å². The fourth-order valence-corrected chi connectivity index (χ4v) is 10.2. The first-order valence-electron chi connectivity index (χ1n) is 13.5. The third kappa shape index (κ3) is 5.77. The number of rotatable bonds is 6. The minimum atomic E-state index is -2.24. The Balaban J connectivity index is 1.76. The molecule has 0 aromatic heterocycles. The summed E-state index contributed by atoms with van der Waals surface area (Å²) in [5.41, 5.74) is 1.62. The van der Waals surface area contributed by atoms with Crippen LogP contribution >= 0.6 is 7.26 Å². The fourth-order valence-electron chi connectivity index (χ4n) is 6.18. The lowest BCUT2D eigenvalue weighted by molar-refractivity contribution is -0.246. The van der Waals surface area contributed by atoms with Crippen molar-refractivity contribution in [3.05, 3.63) is 83.2 Å². The molecule has 2 aliphatic rings.